The van der Waals surface area contributed by atoms with Crippen LogP contribution in [0.5, 0.6) is 5.75 Å². The zero-order valence-corrected chi connectivity index (χ0v) is 58.3. The smallest absolute Gasteiger partial charge is 0.331 e. The lowest BCUT2D eigenvalue weighted by atomic mass is 9.76. The lowest BCUT2D eigenvalue weighted by Gasteiger charge is -2.40. The summed E-state index contributed by atoms with van der Waals surface area (Å²) >= 11 is 3.40. The molecule has 0 saturated heterocycles. The summed E-state index contributed by atoms with van der Waals surface area (Å²) in [7, 11) is 6.78. The lowest BCUT2D eigenvalue weighted by molar-refractivity contribution is -0.141. The second-order valence-corrected chi connectivity index (χ2v) is 27.4. The van der Waals surface area contributed by atoms with Crippen LogP contribution >= 0.6 is 23.5 Å². The summed E-state index contributed by atoms with van der Waals surface area (Å²) in [6.07, 6.45) is 7.21. The molecule has 2 aromatic rings. The number of amides is 4. The van der Waals surface area contributed by atoms with Crippen molar-refractivity contribution in [3.05, 3.63) is 89.0 Å². The maximum absolute atomic E-state index is 13.9. The van der Waals surface area contributed by atoms with Gasteiger partial charge in [-0.25, -0.2) is 9.59 Å². The Hall–Kier alpha value is -5.00. The topological polar surface area (TPSA) is 255 Å². The van der Waals surface area contributed by atoms with Gasteiger partial charge < -0.3 is 65.3 Å². The first-order chi connectivity index (χ1) is 40.4. The standard InChI is InChI=1S/C36H61N3O8S.C27H43N3O4.C3H8OS/c1-25(2)29(24-26(3)34(42)43)39(10)33(41)31(35(4,5)6)38-32(40)30(37-9)36(7,8)27-12-14-28(15-13-27)47-21-20-45-17-16-44-18-19-46-22-23-48-11;1-17(2)20(16-18(3)25(33)34)30(10)24(32)22(26(4,5)6)29-23(31)21(28-9)27(7,8)19-14-12-11-13-15-19;1-5-3-2-4/h12-15,24-25,29-31,37H,16-23H2,1-11H3,(H,38,40)(H,42,43);11-17,20-22,28H,1-10H3,(H,29,31)(H,33,34);4H,2-3H2,1H3/b26-24+;18-16+;/t29-,30-,31-;20-,21-,22-;/m11./s1. The number of thioether (sulfide) groups is 2. The molecule has 19 nitrogen and oxygen atoms in total. The minimum absolute atomic E-state index is 0.0124. The summed E-state index contributed by atoms with van der Waals surface area (Å²) in [5.41, 5.74) is -0.105. The fraction of sp³-hybridized carbons (Fsp3) is 0.667. The van der Waals surface area contributed by atoms with Gasteiger partial charge in [-0.2, -0.15) is 23.5 Å². The van der Waals surface area contributed by atoms with E-state index in [-0.39, 0.29) is 46.6 Å². The summed E-state index contributed by atoms with van der Waals surface area (Å²) in [6.45, 7) is 34.1. The van der Waals surface area contributed by atoms with E-state index in [2.05, 4.69) is 21.3 Å². The Bertz CT molecular complexity index is 2420. The molecule has 2 rings (SSSR count). The van der Waals surface area contributed by atoms with Crippen molar-refractivity contribution in [2.75, 3.05) is 105 Å². The molecule has 0 spiro atoms. The van der Waals surface area contributed by atoms with Crippen LogP contribution < -0.4 is 26.0 Å². The van der Waals surface area contributed by atoms with Gasteiger partial charge in [-0.05, 0) is 86.4 Å². The fourth-order valence-electron chi connectivity index (χ4n) is 9.42. The molecule has 21 heteroatoms. The van der Waals surface area contributed by atoms with Crippen LogP contribution in [0.25, 0.3) is 0 Å². The Morgan fingerprint density at radius 3 is 1.17 bits per heavy atom. The van der Waals surface area contributed by atoms with Crippen LogP contribution in [-0.4, -0.2) is 202 Å². The summed E-state index contributed by atoms with van der Waals surface area (Å²) in [6, 6.07) is 13.6. The summed E-state index contributed by atoms with van der Waals surface area (Å²) in [5.74, 6) is -0.714. The quantitative estimate of drug-likeness (QED) is 0.0253. The number of nitrogens with one attached hydrogen (secondary N) is 4. The molecule has 0 bridgehead atoms. The summed E-state index contributed by atoms with van der Waals surface area (Å²) in [4.78, 5) is 80.9. The SMILES string of the molecule is CN[C@H](C(=O)N[C@H](C(=O)N(C)[C@H](/C=C(\C)C(=O)O)C(C)C)C(C)(C)C)C(C)(C)c1ccc(OCCOCCOCCOCCSC)cc1.CN[C@H](C(=O)N[C@H](C(=O)N(C)[C@H](/C=C(\C)C(=O)O)C(C)C)C(C)(C)C)C(C)(C)c1ccccc1.CSCCO. The molecule has 4 amide bonds. The lowest BCUT2D eigenvalue weighted by Crippen LogP contribution is -2.61. The molecule has 0 heterocycles. The largest absolute Gasteiger partial charge is 0.491 e. The highest BCUT2D eigenvalue weighted by atomic mass is 32.2. The third-order valence-electron chi connectivity index (χ3n) is 14.9. The van der Waals surface area contributed by atoms with E-state index < -0.39 is 69.8 Å². The van der Waals surface area contributed by atoms with E-state index >= 15 is 0 Å². The Morgan fingerprint density at radius 2 is 0.874 bits per heavy atom. The van der Waals surface area contributed by atoms with Crippen LogP contribution in [-0.2, 0) is 53.8 Å². The predicted molar refractivity (Wildman–Crippen MR) is 355 cm³/mol. The maximum atomic E-state index is 13.9. The second-order valence-electron chi connectivity index (χ2n) is 25.5. The third kappa shape index (κ3) is 28.6. The number of nitrogens with zero attached hydrogens (tertiary/aromatic N) is 2. The molecular formula is C66H112N6O13S2. The normalized spacial score (nSPS) is 14.4. The average Bonchev–Trinajstić information content (AvgIpc) is 1.76. The zero-order valence-electron chi connectivity index (χ0n) is 56.7. The first-order valence-corrected chi connectivity index (χ1v) is 32.7. The van der Waals surface area contributed by atoms with E-state index in [1.165, 1.54) is 18.7 Å². The Morgan fingerprint density at radius 1 is 0.529 bits per heavy atom. The highest BCUT2D eigenvalue weighted by molar-refractivity contribution is 7.98. The average molecular weight is 1260 g/mol. The van der Waals surface area contributed by atoms with Crippen LogP contribution in [0, 0.1) is 22.7 Å². The van der Waals surface area contributed by atoms with Gasteiger partial charge in [-0.3, -0.25) is 19.2 Å². The van der Waals surface area contributed by atoms with Crippen LogP contribution in [0.4, 0.5) is 0 Å². The van der Waals surface area contributed by atoms with Gasteiger partial charge in [0, 0.05) is 47.6 Å². The number of hydrogen-bond acceptors (Lipinski definition) is 15. The molecule has 0 fully saturated rings. The van der Waals surface area contributed by atoms with Crippen LogP contribution in [0.2, 0.25) is 0 Å². The van der Waals surface area contributed by atoms with E-state index in [4.69, 9.17) is 24.1 Å². The van der Waals surface area contributed by atoms with Crippen molar-refractivity contribution in [1.29, 1.82) is 0 Å². The third-order valence-corrected chi connectivity index (χ3v) is 16.1. The molecule has 0 saturated carbocycles. The Balaban J connectivity index is 0.00000165. The number of ether oxygens (including phenoxy) is 4. The number of benzene rings is 2. The van der Waals surface area contributed by atoms with Gasteiger partial charge >= 0.3 is 11.9 Å². The molecule has 0 unspecified atom stereocenters. The minimum atomic E-state index is -1.04. The van der Waals surface area contributed by atoms with Gasteiger partial charge in [0.1, 0.15) is 24.4 Å². The van der Waals surface area contributed by atoms with Crippen LogP contribution in [0.3, 0.4) is 0 Å². The molecule has 0 aliphatic heterocycles. The Kier molecular flexibility index (Phi) is 38.3. The number of carboxylic acid groups (broad SMARTS) is 2. The first-order valence-electron chi connectivity index (χ1n) is 29.9. The van der Waals surface area contributed by atoms with E-state index in [1.807, 2.05) is 164 Å². The number of carbonyl (C=O) groups is 6. The van der Waals surface area contributed by atoms with Gasteiger partial charge in [0.2, 0.25) is 23.6 Å². The number of carbonyl (C=O) groups excluding carboxylic acids is 4. The molecule has 0 radical (unpaired) electrons. The molecule has 0 aliphatic rings. The van der Waals surface area contributed by atoms with Gasteiger partial charge in [-0.1, -0.05) is 152 Å². The molecule has 0 aromatic heterocycles. The first kappa shape index (κ1) is 82.0. The van der Waals surface area contributed by atoms with E-state index in [0.717, 1.165) is 29.2 Å². The van der Waals surface area contributed by atoms with Crippen molar-refractivity contribution in [3.63, 3.8) is 0 Å². The number of aliphatic carboxylic acids is 2. The molecular weight excluding hydrogens is 1150 g/mol. The highest BCUT2D eigenvalue weighted by Crippen LogP contribution is 2.32. The van der Waals surface area contributed by atoms with E-state index in [9.17, 15) is 39.0 Å². The van der Waals surface area contributed by atoms with Gasteiger partial charge in [0.15, 0.2) is 0 Å². The number of hydrogen-bond donors (Lipinski definition) is 7. The number of likely N-dealkylation sites (N-methyl/N-ethyl adjacent to an activating group) is 4. The van der Waals surface area contributed by atoms with Gasteiger partial charge in [0.25, 0.3) is 0 Å². The van der Waals surface area contributed by atoms with Crippen molar-refractivity contribution in [3.8, 4) is 5.75 Å². The van der Waals surface area contributed by atoms with Crippen molar-refractivity contribution in [2.45, 2.75) is 158 Å². The zero-order chi connectivity index (χ0) is 67.0. The number of aliphatic hydroxyl groups is 1. The molecule has 7 N–H and O–H groups in total. The second kappa shape index (κ2) is 40.6. The molecule has 2 aromatic carbocycles. The van der Waals surface area contributed by atoms with Crippen molar-refractivity contribution < 1.29 is 63.0 Å². The van der Waals surface area contributed by atoms with Crippen LogP contribution in [0.1, 0.15) is 122 Å². The minimum Gasteiger partial charge on any atom is -0.491 e. The maximum Gasteiger partial charge on any atom is 0.331 e. The van der Waals surface area contributed by atoms with E-state index in [0.29, 0.717) is 52.0 Å². The van der Waals surface area contributed by atoms with E-state index in [1.54, 1.807) is 68.8 Å². The van der Waals surface area contributed by atoms with Crippen molar-refractivity contribution in [1.82, 2.24) is 31.1 Å². The van der Waals surface area contributed by atoms with Crippen molar-refractivity contribution >= 4 is 59.1 Å². The number of carboxylic acids is 2. The monoisotopic (exact) mass is 1260 g/mol. The summed E-state index contributed by atoms with van der Waals surface area (Å²) < 4.78 is 22.4. The Labute approximate surface area is 531 Å². The van der Waals surface area contributed by atoms with Crippen molar-refractivity contribution in [2.24, 2.45) is 22.7 Å². The highest BCUT2D eigenvalue weighted by Gasteiger charge is 2.44. The van der Waals surface area contributed by atoms with Gasteiger partial charge in [0.05, 0.1) is 70.4 Å². The number of aliphatic hydroxyl groups excluding tert-OH is 1. The molecule has 87 heavy (non-hydrogen) atoms. The van der Waals surface area contributed by atoms with Crippen LogP contribution in [0.15, 0.2) is 77.9 Å². The predicted octanol–water partition coefficient (Wildman–Crippen LogP) is 8.33. The summed E-state index contributed by atoms with van der Waals surface area (Å²) in [5, 5.41) is 39.1. The van der Waals surface area contributed by atoms with Gasteiger partial charge in [-0.15, -0.1) is 0 Å². The number of rotatable bonds is 35. The molecule has 0 aliphatic carbocycles. The fourth-order valence-corrected chi connectivity index (χ4v) is 9.89. The molecule has 6 atom stereocenters. The molecule has 496 valence electrons.